The van der Waals surface area contributed by atoms with Crippen LogP contribution in [0, 0.1) is 5.92 Å². The SMILES string of the molecule is C(=C1C=c2cccc(-c3ccc4ccccc4c3)c2=C1)C1CCCCCC1. The maximum atomic E-state index is 2.54. The summed E-state index contributed by atoms with van der Waals surface area (Å²) in [5.41, 5.74) is 4.06. The minimum absolute atomic E-state index is 0.758. The van der Waals surface area contributed by atoms with Crippen molar-refractivity contribution in [2.24, 2.45) is 5.92 Å². The second kappa shape index (κ2) is 7.19. The van der Waals surface area contributed by atoms with Crippen LogP contribution in [-0.2, 0) is 0 Å². The number of hydrogen-bond donors (Lipinski definition) is 0. The quantitative estimate of drug-likeness (QED) is 0.499. The molecule has 0 heteroatoms. The Balaban J connectivity index is 1.56. The first-order chi connectivity index (χ1) is 13.4. The van der Waals surface area contributed by atoms with Crippen LogP contribution in [0.3, 0.4) is 0 Å². The van der Waals surface area contributed by atoms with Crippen molar-refractivity contribution in [1.82, 2.24) is 0 Å². The van der Waals surface area contributed by atoms with E-state index in [0.717, 1.165) is 5.92 Å². The van der Waals surface area contributed by atoms with Gasteiger partial charge in [-0.2, -0.15) is 0 Å². The second-order valence-corrected chi connectivity index (χ2v) is 8.08. The van der Waals surface area contributed by atoms with Gasteiger partial charge >= 0.3 is 0 Å². The van der Waals surface area contributed by atoms with Crippen molar-refractivity contribution in [2.75, 3.05) is 0 Å². The monoisotopic (exact) mass is 350 g/mol. The fourth-order valence-corrected chi connectivity index (χ4v) is 4.71. The van der Waals surface area contributed by atoms with Gasteiger partial charge in [0, 0.05) is 0 Å². The van der Waals surface area contributed by atoms with Gasteiger partial charge in [0.05, 0.1) is 0 Å². The molecule has 0 unspecified atom stereocenters. The topological polar surface area (TPSA) is 0 Å². The minimum Gasteiger partial charge on any atom is -0.0741 e. The molecule has 2 aliphatic carbocycles. The molecule has 27 heavy (non-hydrogen) atoms. The number of benzene rings is 3. The molecule has 0 N–H and O–H groups in total. The lowest BCUT2D eigenvalue weighted by Crippen LogP contribution is -2.22. The van der Waals surface area contributed by atoms with E-state index in [4.69, 9.17) is 0 Å². The maximum absolute atomic E-state index is 2.54. The molecule has 1 saturated carbocycles. The van der Waals surface area contributed by atoms with E-state index in [1.165, 1.54) is 76.4 Å². The first-order valence-electron chi connectivity index (χ1n) is 10.4. The molecule has 0 bridgehead atoms. The van der Waals surface area contributed by atoms with Gasteiger partial charge in [0.1, 0.15) is 0 Å². The van der Waals surface area contributed by atoms with E-state index < -0.39 is 0 Å². The number of rotatable bonds is 2. The highest BCUT2D eigenvalue weighted by molar-refractivity contribution is 5.88. The summed E-state index contributed by atoms with van der Waals surface area (Å²) in [6, 6.07) is 22.2. The summed E-state index contributed by atoms with van der Waals surface area (Å²) in [4.78, 5) is 0. The van der Waals surface area contributed by atoms with E-state index in [1.807, 2.05) is 0 Å². The lowest BCUT2D eigenvalue weighted by molar-refractivity contribution is 0.558. The van der Waals surface area contributed by atoms with Crippen molar-refractivity contribution in [2.45, 2.75) is 38.5 Å². The lowest BCUT2D eigenvalue weighted by Gasteiger charge is -2.08. The molecule has 3 aromatic rings. The summed E-state index contributed by atoms with van der Waals surface area (Å²) in [5, 5.41) is 5.36. The molecule has 0 heterocycles. The van der Waals surface area contributed by atoms with Crippen LogP contribution in [0.15, 0.2) is 72.3 Å². The van der Waals surface area contributed by atoms with Crippen LogP contribution in [0.4, 0.5) is 0 Å². The molecule has 0 aromatic heterocycles. The van der Waals surface area contributed by atoms with E-state index >= 15 is 0 Å². The molecular weight excluding hydrogens is 324 g/mol. The predicted molar refractivity (Wildman–Crippen MR) is 117 cm³/mol. The van der Waals surface area contributed by atoms with Crippen LogP contribution < -0.4 is 10.4 Å². The zero-order valence-electron chi connectivity index (χ0n) is 15.8. The Kier molecular flexibility index (Phi) is 4.41. The smallest absolute Gasteiger partial charge is 0.00994 e. The van der Waals surface area contributed by atoms with E-state index in [9.17, 15) is 0 Å². The number of hydrogen-bond acceptors (Lipinski definition) is 0. The first-order valence-corrected chi connectivity index (χ1v) is 10.4. The van der Waals surface area contributed by atoms with Gasteiger partial charge in [-0.05, 0) is 74.9 Å². The maximum Gasteiger partial charge on any atom is -0.00994 e. The molecule has 5 rings (SSSR count). The lowest BCUT2D eigenvalue weighted by atomic mass is 9.97. The molecule has 2 aliphatic rings. The molecular formula is C27H26. The summed E-state index contributed by atoms with van der Waals surface area (Å²) in [6.07, 6.45) is 15.7. The van der Waals surface area contributed by atoms with Crippen LogP contribution in [0.1, 0.15) is 38.5 Å². The van der Waals surface area contributed by atoms with Gasteiger partial charge in [0.25, 0.3) is 0 Å². The van der Waals surface area contributed by atoms with Gasteiger partial charge in [0.15, 0.2) is 0 Å². The minimum atomic E-state index is 0.758. The average Bonchev–Trinajstić information content (AvgIpc) is 2.94. The van der Waals surface area contributed by atoms with E-state index in [2.05, 4.69) is 78.9 Å². The Bertz CT molecular complexity index is 1120. The molecule has 0 aliphatic heterocycles. The molecule has 0 nitrogen and oxygen atoms in total. The third-order valence-corrected chi connectivity index (χ3v) is 6.16. The van der Waals surface area contributed by atoms with Gasteiger partial charge in [-0.1, -0.05) is 86.4 Å². The van der Waals surface area contributed by atoms with Gasteiger partial charge in [-0.15, -0.1) is 0 Å². The van der Waals surface area contributed by atoms with Crippen molar-refractivity contribution in [3.8, 4) is 11.1 Å². The summed E-state index contributed by atoms with van der Waals surface area (Å²) in [5.74, 6) is 0.758. The van der Waals surface area contributed by atoms with Crippen LogP contribution in [0.5, 0.6) is 0 Å². The zero-order valence-corrected chi connectivity index (χ0v) is 15.8. The standard InChI is InChI=1S/C27H26/c1-2-4-9-20(8-3-1)16-21-17-24-12-7-13-26(27(24)18-21)25-15-14-22-10-5-6-11-23(22)19-25/h5-7,10-20H,1-4,8-9H2. The normalized spacial score (nSPS) is 18.7. The molecule has 134 valence electrons. The Morgan fingerprint density at radius 3 is 2.37 bits per heavy atom. The Morgan fingerprint density at radius 1 is 0.704 bits per heavy atom. The van der Waals surface area contributed by atoms with Crippen LogP contribution in [-0.4, -0.2) is 0 Å². The van der Waals surface area contributed by atoms with E-state index in [-0.39, 0.29) is 0 Å². The summed E-state index contributed by atoms with van der Waals surface area (Å²) in [6.45, 7) is 0. The van der Waals surface area contributed by atoms with Gasteiger partial charge in [-0.3, -0.25) is 0 Å². The van der Waals surface area contributed by atoms with Crippen molar-refractivity contribution >= 4 is 22.9 Å². The van der Waals surface area contributed by atoms with Gasteiger partial charge in [0.2, 0.25) is 0 Å². The molecule has 0 radical (unpaired) electrons. The molecule has 0 spiro atoms. The first kappa shape index (κ1) is 16.6. The number of allylic oxidation sites excluding steroid dienone is 2. The Labute approximate surface area is 161 Å². The largest absolute Gasteiger partial charge is 0.0741 e. The molecule has 3 aromatic carbocycles. The molecule has 0 atom stereocenters. The van der Waals surface area contributed by atoms with Crippen molar-refractivity contribution in [3.05, 3.63) is 82.8 Å². The fraction of sp³-hybridized carbons (Fsp3) is 0.259. The highest BCUT2D eigenvalue weighted by Gasteiger charge is 2.12. The Morgan fingerprint density at radius 2 is 1.52 bits per heavy atom. The van der Waals surface area contributed by atoms with Crippen LogP contribution in [0.2, 0.25) is 0 Å². The average molecular weight is 351 g/mol. The number of fused-ring (bicyclic) bond motifs is 2. The molecule has 0 saturated heterocycles. The van der Waals surface area contributed by atoms with Gasteiger partial charge < -0.3 is 0 Å². The van der Waals surface area contributed by atoms with Crippen LogP contribution >= 0.6 is 0 Å². The van der Waals surface area contributed by atoms with Gasteiger partial charge in [-0.25, -0.2) is 0 Å². The van der Waals surface area contributed by atoms with Crippen LogP contribution in [0.25, 0.3) is 34.1 Å². The molecule has 0 amide bonds. The highest BCUT2D eigenvalue weighted by atomic mass is 14.2. The fourth-order valence-electron chi connectivity index (χ4n) is 4.71. The van der Waals surface area contributed by atoms with Crippen molar-refractivity contribution < 1.29 is 0 Å². The highest BCUT2D eigenvalue weighted by Crippen LogP contribution is 2.26. The van der Waals surface area contributed by atoms with Crippen molar-refractivity contribution in [3.63, 3.8) is 0 Å². The van der Waals surface area contributed by atoms with E-state index in [0.29, 0.717) is 0 Å². The molecule has 1 fully saturated rings. The summed E-state index contributed by atoms with van der Waals surface area (Å²) < 4.78 is 0. The third-order valence-electron chi connectivity index (χ3n) is 6.16. The zero-order chi connectivity index (χ0) is 18.1. The summed E-state index contributed by atoms with van der Waals surface area (Å²) >= 11 is 0. The predicted octanol–water partition coefficient (Wildman–Crippen LogP) is 5.98. The Hall–Kier alpha value is -2.60. The van der Waals surface area contributed by atoms with Crippen molar-refractivity contribution in [1.29, 1.82) is 0 Å². The summed E-state index contributed by atoms with van der Waals surface area (Å²) in [7, 11) is 0. The second-order valence-electron chi connectivity index (χ2n) is 8.08. The third kappa shape index (κ3) is 3.37. The van der Waals surface area contributed by atoms with E-state index in [1.54, 1.807) is 0 Å².